The molecule has 1 heterocycles. The number of aliphatic hydroxyl groups is 2. The molecule has 6 N–H and O–H groups in total. The molecule has 1 aromatic heterocycles. The summed E-state index contributed by atoms with van der Waals surface area (Å²) in [5.74, 6) is -0.635. The van der Waals surface area contributed by atoms with Gasteiger partial charge in [-0.05, 0) is 77.1 Å². The number of aliphatic hydroxyl groups excluding tert-OH is 2. The van der Waals surface area contributed by atoms with Gasteiger partial charge in [0.15, 0.2) is 0 Å². The molecule has 0 fully saturated rings. The minimum absolute atomic E-state index is 0.110. The van der Waals surface area contributed by atoms with E-state index in [9.17, 15) is 30.2 Å². The Hall–Kier alpha value is -6.30. The molecule has 290 valence electrons. The van der Waals surface area contributed by atoms with Gasteiger partial charge in [-0.2, -0.15) is 5.26 Å². The lowest BCUT2D eigenvalue weighted by Crippen LogP contribution is -2.39. The van der Waals surface area contributed by atoms with Gasteiger partial charge in [-0.15, -0.1) is 0 Å². The molecule has 0 aliphatic carbocycles. The number of pyridine rings is 1. The molecule has 0 spiro atoms. The van der Waals surface area contributed by atoms with Crippen LogP contribution in [0.3, 0.4) is 0 Å². The second kappa shape index (κ2) is 19.9. The van der Waals surface area contributed by atoms with Crippen LogP contribution in [0.1, 0.15) is 44.5 Å². The number of benzene rings is 4. The second-order valence-electron chi connectivity index (χ2n) is 13.1. The Morgan fingerprint density at radius 3 is 1.82 bits per heavy atom. The predicted octanol–water partition coefficient (Wildman–Crippen LogP) is 5.04. The lowest BCUT2D eigenvalue weighted by atomic mass is 9.92. The van der Waals surface area contributed by atoms with Gasteiger partial charge in [-0.1, -0.05) is 54.6 Å². The van der Waals surface area contributed by atoms with Crippen molar-refractivity contribution in [1.29, 1.82) is 5.26 Å². The molecule has 13 nitrogen and oxygen atoms in total. The van der Waals surface area contributed by atoms with E-state index < -0.39 is 37.2 Å². The van der Waals surface area contributed by atoms with Crippen molar-refractivity contribution < 1.29 is 44.2 Å². The summed E-state index contributed by atoms with van der Waals surface area (Å²) in [5.41, 5.74) is 8.84. The number of carboxylic acids is 2. The Labute approximate surface area is 324 Å². The molecule has 0 amide bonds. The van der Waals surface area contributed by atoms with E-state index in [2.05, 4.69) is 47.7 Å². The number of aliphatic carboxylic acids is 2. The number of ether oxygens (including phenoxy) is 3. The van der Waals surface area contributed by atoms with Gasteiger partial charge in [0.2, 0.25) is 0 Å². The van der Waals surface area contributed by atoms with E-state index in [1.54, 1.807) is 30.5 Å². The van der Waals surface area contributed by atoms with Gasteiger partial charge in [-0.3, -0.25) is 25.2 Å². The molecule has 13 heteroatoms. The van der Waals surface area contributed by atoms with Crippen molar-refractivity contribution in [3.05, 3.63) is 142 Å². The number of nitrogens with one attached hydrogen (secondary N) is 2. The molecule has 2 atom stereocenters. The first kappa shape index (κ1) is 40.9. The molecule has 56 heavy (non-hydrogen) atoms. The Bertz CT molecular complexity index is 2170. The SMILES string of the molecule is Cc1c(COc2ccc(CN[C@H](CO)C(=O)O)cc2)cccc1-c1cccc(COc2ccc(CN[C@H](CO)C(=O)O)c(OCc3cncc(C#N)c3)c2)c1C. The molecule has 0 unspecified atom stereocenters. The average Bonchev–Trinajstić information content (AvgIpc) is 3.20. The maximum Gasteiger partial charge on any atom is 0.323 e. The van der Waals surface area contributed by atoms with Gasteiger partial charge < -0.3 is 34.6 Å². The summed E-state index contributed by atoms with van der Waals surface area (Å²) in [6.07, 6.45) is 3.07. The average molecular weight is 761 g/mol. The normalized spacial score (nSPS) is 12.0. The van der Waals surface area contributed by atoms with E-state index in [4.69, 9.17) is 19.3 Å². The molecule has 4 aromatic carbocycles. The number of hydrogen-bond acceptors (Lipinski definition) is 11. The van der Waals surface area contributed by atoms with E-state index in [0.29, 0.717) is 47.1 Å². The Morgan fingerprint density at radius 2 is 1.25 bits per heavy atom. The molecule has 0 radical (unpaired) electrons. The number of carbonyl (C=O) groups is 2. The van der Waals surface area contributed by atoms with Crippen LogP contribution in [0.4, 0.5) is 0 Å². The van der Waals surface area contributed by atoms with Crippen molar-refractivity contribution in [3.63, 3.8) is 0 Å². The third-order valence-electron chi connectivity index (χ3n) is 9.30. The zero-order valence-corrected chi connectivity index (χ0v) is 31.1. The highest BCUT2D eigenvalue weighted by Gasteiger charge is 2.18. The third-order valence-corrected chi connectivity index (χ3v) is 9.30. The second-order valence-corrected chi connectivity index (χ2v) is 13.1. The van der Waals surface area contributed by atoms with Crippen molar-refractivity contribution in [2.24, 2.45) is 0 Å². The van der Waals surface area contributed by atoms with Crippen molar-refractivity contribution in [2.75, 3.05) is 13.2 Å². The molecule has 0 saturated heterocycles. The Balaban J connectivity index is 1.27. The number of aromatic nitrogens is 1. The minimum atomic E-state index is -1.17. The third kappa shape index (κ3) is 10.9. The van der Waals surface area contributed by atoms with Crippen LogP contribution >= 0.6 is 0 Å². The lowest BCUT2D eigenvalue weighted by Gasteiger charge is -2.18. The van der Waals surface area contributed by atoms with Gasteiger partial charge >= 0.3 is 11.9 Å². The van der Waals surface area contributed by atoms with Gasteiger partial charge in [0.25, 0.3) is 0 Å². The van der Waals surface area contributed by atoms with E-state index >= 15 is 0 Å². The van der Waals surface area contributed by atoms with Crippen molar-refractivity contribution in [3.8, 4) is 34.4 Å². The summed E-state index contributed by atoms with van der Waals surface area (Å²) in [4.78, 5) is 26.7. The van der Waals surface area contributed by atoms with E-state index in [1.165, 1.54) is 6.20 Å². The minimum Gasteiger partial charge on any atom is -0.489 e. The monoisotopic (exact) mass is 760 g/mol. The van der Waals surface area contributed by atoms with Crippen LogP contribution in [0.15, 0.2) is 97.3 Å². The summed E-state index contributed by atoms with van der Waals surface area (Å²) in [6, 6.07) is 26.4. The highest BCUT2D eigenvalue weighted by molar-refractivity contribution is 5.74. The standard InChI is InChI=1S/C43H44N4O9/c1-27-33(25-54-35-12-9-29(10-13-35)20-46-39(22-48)42(50)51)5-3-7-37(27)38-8-4-6-34(28(38)2)26-55-36-14-11-32(21-47-40(23-49)43(52)53)41(16-36)56-24-31-15-30(17-44)18-45-19-31/h3-16,18-19,39-40,46-49H,20-26H2,1-2H3,(H,50,51)(H,52,53)/t39-,40-/m1/s1. The fourth-order valence-corrected chi connectivity index (χ4v) is 5.92. The van der Waals surface area contributed by atoms with Crippen LogP contribution < -0.4 is 24.8 Å². The zero-order chi connectivity index (χ0) is 40.0. The topological polar surface area (TPSA) is 203 Å². The maximum atomic E-state index is 11.5. The first-order valence-corrected chi connectivity index (χ1v) is 17.9. The Kier molecular flexibility index (Phi) is 14.5. The molecule has 5 rings (SSSR count). The van der Waals surface area contributed by atoms with Crippen LogP contribution in [0.5, 0.6) is 17.2 Å². The molecule has 0 bridgehead atoms. The van der Waals surface area contributed by atoms with Crippen molar-refractivity contribution in [1.82, 2.24) is 15.6 Å². The highest BCUT2D eigenvalue weighted by atomic mass is 16.5. The van der Waals surface area contributed by atoms with E-state index in [0.717, 1.165) is 38.9 Å². The van der Waals surface area contributed by atoms with Crippen molar-refractivity contribution in [2.45, 2.75) is 58.8 Å². The van der Waals surface area contributed by atoms with Crippen LogP contribution in [-0.2, 0) is 42.5 Å². The van der Waals surface area contributed by atoms with Crippen LogP contribution in [0.2, 0.25) is 0 Å². The quantitative estimate of drug-likeness (QED) is 0.0616. The van der Waals surface area contributed by atoms with E-state index in [1.807, 2.05) is 48.5 Å². The first-order chi connectivity index (χ1) is 27.1. The molecule has 0 aliphatic heterocycles. The van der Waals surface area contributed by atoms with Crippen LogP contribution in [0, 0.1) is 25.2 Å². The zero-order valence-electron chi connectivity index (χ0n) is 31.1. The van der Waals surface area contributed by atoms with Gasteiger partial charge in [-0.25, -0.2) is 0 Å². The fourth-order valence-electron chi connectivity index (χ4n) is 5.92. The summed E-state index contributed by atoms with van der Waals surface area (Å²) >= 11 is 0. The van der Waals surface area contributed by atoms with Crippen LogP contribution in [-0.4, -0.2) is 62.6 Å². The maximum absolute atomic E-state index is 11.5. The van der Waals surface area contributed by atoms with Gasteiger partial charge in [0.1, 0.15) is 55.2 Å². The smallest absolute Gasteiger partial charge is 0.323 e. The number of nitrogens with zero attached hydrogens (tertiary/aromatic N) is 2. The number of carboxylic acid groups (broad SMARTS) is 2. The molecular formula is C43H44N4O9. The predicted molar refractivity (Wildman–Crippen MR) is 207 cm³/mol. The molecule has 5 aromatic rings. The Morgan fingerprint density at radius 1 is 0.679 bits per heavy atom. The highest BCUT2D eigenvalue weighted by Crippen LogP contribution is 2.32. The number of hydrogen-bond donors (Lipinski definition) is 6. The first-order valence-electron chi connectivity index (χ1n) is 17.9. The largest absolute Gasteiger partial charge is 0.489 e. The summed E-state index contributed by atoms with van der Waals surface area (Å²) in [5, 5.41) is 52.1. The van der Waals surface area contributed by atoms with Crippen LogP contribution in [0.25, 0.3) is 11.1 Å². The van der Waals surface area contributed by atoms with Gasteiger partial charge in [0, 0.05) is 42.7 Å². The summed E-state index contributed by atoms with van der Waals surface area (Å²) in [6.45, 7) is 4.18. The fraction of sp³-hybridized carbons (Fsp3) is 0.256. The summed E-state index contributed by atoms with van der Waals surface area (Å²) < 4.78 is 18.5. The van der Waals surface area contributed by atoms with Gasteiger partial charge in [0.05, 0.1) is 18.8 Å². The molecule has 0 aliphatic rings. The van der Waals surface area contributed by atoms with E-state index in [-0.39, 0.29) is 19.8 Å². The lowest BCUT2D eigenvalue weighted by molar-refractivity contribution is -0.141. The molecular weight excluding hydrogens is 716 g/mol. The van der Waals surface area contributed by atoms with Crippen molar-refractivity contribution >= 4 is 11.9 Å². The number of rotatable bonds is 20. The number of nitriles is 1. The summed E-state index contributed by atoms with van der Waals surface area (Å²) in [7, 11) is 0. The molecule has 0 saturated carbocycles.